The largest absolute Gasteiger partial charge is 0.489 e. The Morgan fingerprint density at radius 1 is 1.11 bits per heavy atom. The average molecular weight is 314 g/mol. The summed E-state index contributed by atoms with van der Waals surface area (Å²) in [4.78, 5) is 0. The summed E-state index contributed by atoms with van der Waals surface area (Å²) >= 11 is 3.27. The maximum absolute atomic E-state index is 13.4. The van der Waals surface area contributed by atoms with Crippen LogP contribution in [0.1, 0.15) is 5.56 Å². The molecule has 0 aromatic heterocycles. The molecule has 0 heterocycles. The third kappa shape index (κ3) is 3.20. The first-order chi connectivity index (χ1) is 8.54. The van der Waals surface area contributed by atoms with Gasteiger partial charge in [0.1, 0.15) is 24.0 Å². The number of halogens is 3. The van der Waals surface area contributed by atoms with Crippen molar-refractivity contribution in [2.24, 2.45) is 0 Å². The van der Waals surface area contributed by atoms with Crippen molar-refractivity contribution in [3.63, 3.8) is 0 Å². The second-order valence-electron chi connectivity index (χ2n) is 3.74. The lowest BCUT2D eigenvalue weighted by atomic mass is 10.2. The zero-order chi connectivity index (χ0) is 13.1. The fraction of sp³-hybridized carbons (Fsp3) is 0.0769. The molecule has 2 N–H and O–H groups in total. The van der Waals surface area contributed by atoms with Crippen molar-refractivity contribution in [1.82, 2.24) is 0 Å². The lowest BCUT2D eigenvalue weighted by Gasteiger charge is -2.08. The topological polar surface area (TPSA) is 35.2 Å². The van der Waals surface area contributed by atoms with Crippen LogP contribution in [0.2, 0.25) is 0 Å². The van der Waals surface area contributed by atoms with Crippen molar-refractivity contribution in [2.45, 2.75) is 6.61 Å². The smallest absolute Gasteiger partial charge is 0.130 e. The van der Waals surface area contributed by atoms with Crippen LogP contribution in [0.3, 0.4) is 0 Å². The van der Waals surface area contributed by atoms with Crippen molar-refractivity contribution < 1.29 is 13.5 Å². The van der Waals surface area contributed by atoms with Crippen molar-refractivity contribution in [3.8, 4) is 5.75 Å². The van der Waals surface area contributed by atoms with Gasteiger partial charge in [-0.1, -0.05) is 15.9 Å². The molecule has 2 aromatic carbocycles. The highest BCUT2D eigenvalue weighted by atomic mass is 79.9. The summed E-state index contributed by atoms with van der Waals surface area (Å²) in [5.74, 6) is -0.506. The molecule has 0 amide bonds. The van der Waals surface area contributed by atoms with Gasteiger partial charge in [-0.2, -0.15) is 0 Å². The van der Waals surface area contributed by atoms with E-state index in [-0.39, 0.29) is 12.2 Å². The summed E-state index contributed by atoms with van der Waals surface area (Å²) in [6.45, 7) is -0.0561. The molecule has 18 heavy (non-hydrogen) atoms. The highest BCUT2D eigenvalue weighted by Crippen LogP contribution is 2.24. The van der Waals surface area contributed by atoms with Gasteiger partial charge in [0.25, 0.3) is 0 Å². The van der Waals surface area contributed by atoms with Crippen LogP contribution in [0.5, 0.6) is 5.75 Å². The molecular formula is C13H10BrF2NO. The SMILES string of the molecule is Nc1cc(Br)cc(OCc2cc(F)ccc2F)c1. The third-order valence-electron chi connectivity index (χ3n) is 2.30. The Labute approximate surface area is 112 Å². The molecule has 0 aliphatic carbocycles. The molecule has 0 saturated heterocycles. The quantitative estimate of drug-likeness (QED) is 0.873. The minimum atomic E-state index is -0.501. The zero-order valence-corrected chi connectivity index (χ0v) is 10.9. The maximum atomic E-state index is 13.4. The van der Waals surface area contributed by atoms with E-state index in [2.05, 4.69) is 15.9 Å². The number of anilines is 1. The van der Waals surface area contributed by atoms with Crippen LogP contribution in [0, 0.1) is 11.6 Å². The van der Waals surface area contributed by atoms with Gasteiger partial charge in [0, 0.05) is 21.8 Å². The number of nitrogens with two attached hydrogens (primary N) is 1. The predicted octanol–water partition coefficient (Wildman–Crippen LogP) is 3.89. The molecule has 0 atom stereocenters. The Morgan fingerprint density at radius 3 is 2.61 bits per heavy atom. The Bertz CT molecular complexity index is 555. The van der Waals surface area contributed by atoms with Gasteiger partial charge >= 0.3 is 0 Å². The lowest BCUT2D eigenvalue weighted by Crippen LogP contribution is -2.00. The number of nitrogen functional groups attached to an aromatic ring is 1. The van der Waals surface area contributed by atoms with Crippen molar-refractivity contribution in [3.05, 3.63) is 58.1 Å². The average Bonchev–Trinajstić information content (AvgIpc) is 2.29. The van der Waals surface area contributed by atoms with E-state index in [0.717, 1.165) is 22.7 Å². The summed E-state index contributed by atoms with van der Waals surface area (Å²) < 4.78 is 32.4. The Kier molecular flexibility index (Phi) is 3.81. The molecule has 0 spiro atoms. The van der Waals surface area contributed by atoms with Gasteiger partial charge in [-0.25, -0.2) is 8.78 Å². The molecule has 0 saturated carbocycles. The molecule has 0 bridgehead atoms. The first kappa shape index (κ1) is 12.8. The highest BCUT2D eigenvalue weighted by Gasteiger charge is 2.05. The van der Waals surface area contributed by atoms with Gasteiger partial charge in [0.15, 0.2) is 0 Å². The van der Waals surface area contributed by atoms with Crippen LogP contribution in [-0.2, 0) is 6.61 Å². The number of benzene rings is 2. The van der Waals surface area contributed by atoms with Crippen molar-refractivity contribution in [2.75, 3.05) is 5.73 Å². The van der Waals surface area contributed by atoms with Crippen LogP contribution >= 0.6 is 15.9 Å². The molecule has 0 radical (unpaired) electrons. The van der Waals surface area contributed by atoms with Crippen LogP contribution in [-0.4, -0.2) is 0 Å². The van der Waals surface area contributed by atoms with E-state index in [4.69, 9.17) is 10.5 Å². The number of rotatable bonds is 3. The Morgan fingerprint density at radius 2 is 1.89 bits per heavy atom. The maximum Gasteiger partial charge on any atom is 0.130 e. The number of ether oxygens (including phenoxy) is 1. The Balaban J connectivity index is 2.13. The van der Waals surface area contributed by atoms with E-state index in [9.17, 15) is 8.78 Å². The van der Waals surface area contributed by atoms with E-state index >= 15 is 0 Å². The standard InChI is InChI=1S/C13H10BrF2NO/c14-9-4-11(17)6-12(5-9)18-7-8-3-10(15)1-2-13(8)16/h1-6H,7,17H2. The minimum absolute atomic E-state index is 0.0561. The summed E-state index contributed by atoms with van der Waals surface area (Å²) in [5, 5.41) is 0. The van der Waals surface area contributed by atoms with Gasteiger partial charge in [-0.15, -0.1) is 0 Å². The van der Waals surface area contributed by atoms with Gasteiger partial charge in [0.05, 0.1) is 0 Å². The fourth-order valence-corrected chi connectivity index (χ4v) is 1.97. The summed E-state index contributed by atoms with van der Waals surface area (Å²) in [6.07, 6.45) is 0. The molecule has 5 heteroatoms. The van der Waals surface area contributed by atoms with E-state index < -0.39 is 11.6 Å². The molecule has 0 fully saturated rings. The van der Waals surface area contributed by atoms with Gasteiger partial charge in [-0.3, -0.25) is 0 Å². The van der Waals surface area contributed by atoms with E-state index in [1.165, 1.54) is 0 Å². The lowest BCUT2D eigenvalue weighted by molar-refractivity contribution is 0.299. The molecule has 0 unspecified atom stereocenters. The number of hydrogen-bond donors (Lipinski definition) is 1. The summed E-state index contributed by atoms with van der Waals surface area (Å²) in [5.41, 5.74) is 6.33. The van der Waals surface area contributed by atoms with Gasteiger partial charge < -0.3 is 10.5 Å². The van der Waals surface area contributed by atoms with Crippen molar-refractivity contribution >= 4 is 21.6 Å². The van der Waals surface area contributed by atoms with E-state index in [1.807, 2.05) is 0 Å². The minimum Gasteiger partial charge on any atom is -0.489 e. The zero-order valence-electron chi connectivity index (χ0n) is 9.29. The van der Waals surface area contributed by atoms with Crippen LogP contribution in [0.25, 0.3) is 0 Å². The van der Waals surface area contributed by atoms with Crippen molar-refractivity contribution in [1.29, 1.82) is 0 Å². The summed E-state index contributed by atoms with van der Waals surface area (Å²) in [6, 6.07) is 8.28. The van der Waals surface area contributed by atoms with Crippen LogP contribution < -0.4 is 10.5 Å². The van der Waals surface area contributed by atoms with Crippen LogP contribution in [0.4, 0.5) is 14.5 Å². The molecule has 0 aliphatic heterocycles. The summed E-state index contributed by atoms with van der Waals surface area (Å²) in [7, 11) is 0. The molecular weight excluding hydrogens is 304 g/mol. The second-order valence-corrected chi connectivity index (χ2v) is 4.66. The number of hydrogen-bond acceptors (Lipinski definition) is 2. The normalized spacial score (nSPS) is 10.4. The molecule has 0 aliphatic rings. The van der Waals surface area contributed by atoms with E-state index in [0.29, 0.717) is 11.4 Å². The fourth-order valence-electron chi connectivity index (χ4n) is 1.48. The van der Waals surface area contributed by atoms with E-state index in [1.54, 1.807) is 18.2 Å². The molecule has 2 nitrogen and oxygen atoms in total. The first-order valence-electron chi connectivity index (χ1n) is 5.17. The third-order valence-corrected chi connectivity index (χ3v) is 2.75. The first-order valence-corrected chi connectivity index (χ1v) is 5.97. The molecule has 2 rings (SSSR count). The van der Waals surface area contributed by atoms with Crippen LogP contribution in [0.15, 0.2) is 40.9 Å². The van der Waals surface area contributed by atoms with Gasteiger partial charge in [0.2, 0.25) is 0 Å². The Hall–Kier alpha value is -1.62. The monoisotopic (exact) mass is 313 g/mol. The molecule has 2 aromatic rings. The predicted molar refractivity (Wildman–Crippen MR) is 69.2 cm³/mol. The molecule has 94 valence electrons. The van der Waals surface area contributed by atoms with Gasteiger partial charge in [-0.05, 0) is 30.3 Å². The highest BCUT2D eigenvalue weighted by molar-refractivity contribution is 9.10. The second kappa shape index (κ2) is 5.35.